The molecule has 3 nitrogen and oxygen atoms in total. The van der Waals surface area contributed by atoms with Gasteiger partial charge in [-0.1, -0.05) is 17.7 Å². The van der Waals surface area contributed by atoms with Crippen LogP contribution in [0.1, 0.15) is 11.1 Å². The molecule has 0 atom stereocenters. The molecule has 0 radical (unpaired) electrons. The van der Waals surface area contributed by atoms with Crippen molar-refractivity contribution in [1.82, 2.24) is 0 Å². The Balaban J connectivity index is 2.20. The number of anilines is 2. The van der Waals surface area contributed by atoms with Crippen LogP contribution in [0.3, 0.4) is 0 Å². The van der Waals surface area contributed by atoms with Crippen LogP contribution >= 0.6 is 11.6 Å². The molecule has 0 amide bonds. The molecular formula is C16H15ClFN3. The van der Waals surface area contributed by atoms with Gasteiger partial charge in [0.1, 0.15) is 11.9 Å². The fraction of sp³-hybridized carbons (Fsp3) is 0.188. The molecule has 0 spiro atoms. The van der Waals surface area contributed by atoms with Crippen molar-refractivity contribution in [3.8, 4) is 6.07 Å². The largest absolute Gasteiger partial charge is 0.379 e. The van der Waals surface area contributed by atoms with E-state index in [2.05, 4.69) is 5.32 Å². The molecule has 21 heavy (non-hydrogen) atoms. The summed E-state index contributed by atoms with van der Waals surface area (Å²) in [6.45, 7) is 0.482. The molecule has 0 aromatic heterocycles. The molecule has 2 aromatic carbocycles. The standard InChI is InChI=1S/C16H15ClFN3/c1-21(2)16-6-4-13(17)8-15(16)20-10-11-3-5-14(18)12(7-11)9-19/h3-8,20H,10H2,1-2H3. The maximum atomic E-state index is 13.3. The lowest BCUT2D eigenvalue weighted by Crippen LogP contribution is -2.12. The molecule has 0 saturated heterocycles. The highest BCUT2D eigenvalue weighted by Crippen LogP contribution is 2.28. The van der Waals surface area contributed by atoms with Gasteiger partial charge in [0.15, 0.2) is 0 Å². The molecule has 1 N–H and O–H groups in total. The molecule has 5 heteroatoms. The second-order valence-corrected chi connectivity index (χ2v) is 5.27. The fourth-order valence-corrected chi connectivity index (χ4v) is 2.18. The summed E-state index contributed by atoms with van der Waals surface area (Å²) in [6, 6.07) is 11.9. The van der Waals surface area contributed by atoms with E-state index in [1.807, 2.05) is 43.3 Å². The van der Waals surface area contributed by atoms with Gasteiger partial charge >= 0.3 is 0 Å². The van der Waals surface area contributed by atoms with E-state index in [0.717, 1.165) is 16.9 Å². The third kappa shape index (κ3) is 3.65. The van der Waals surface area contributed by atoms with E-state index in [4.69, 9.17) is 16.9 Å². The van der Waals surface area contributed by atoms with E-state index in [-0.39, 0.29) is 5.56 Å². The summed E-state index contributed by atoms with van der Waals surface area (Å²) in [5.74, 6) is -0.502. The lowest BCUT2D eigenvalue weighted by Gasteiger charge is -2.19. The molecule has 0 saturated carbocycles. The molecule has 0 fully saturated rings. The first-order chi connectivity index (χ1) is 10.0. The Morgan fingerprint density at radius 3 is 2.67 bits per heavy atom. The van der Waals surface area contributed by atoms with Gasteiger partial charge in [-0.3, -0.25) is 0 Å². The van der Waals surface area contributed by atoms with Gasteiger partial charge in [-0.25, -0.2) is 4.39 Å². The Morgan fingerprint density at radius 2 is 2.00 bits per heavy atom. The van der Waals surface area contributed by atoms with Crippen LogP contribution in [0.2, 0.25) is 5.02 Å². The van der Waals surface area contributed by atoms with E-state index in [1.54, 1.807) is 12.1 Å². The predicted octanol–water partition coefficient (Wildman–Crippen LogP) is 4.03. The SMILES string of the molecule is CN(C)c1ccc(Cl)cc1NCc1ccc(F)c(C#N)c1. The van der Waals surface area contributed by atoms with Crippen molar-refractivity contribution >= 4 is 23.0 Å². The summed E-state index contributed by atoms with van der Waals surface area (Å²) >= 11 is 6.02. The van der Waals surface area contributed by atoms with Crippen LogP contribution in [0.15, 0.2) is 36.4 Å². The second-order valence-electron chi connectivity index (χ2n) is 4.84. The third-order valence-corrected chi connectivity index (χ3v) is 3.31. The maximum absolute atomic E-state index is 13.3. The van der Waals surface area contributed by atoms with Crippen molar-refractivity contribution in [1.29, 1.82) is 5.26 Å². The average Bonchev–Trinajstić information content (AvgIpc) is 2.46. The summed E-state index contributed by atoms with van der Waals surface area (Å²) in [4.78, 5) is 1.98. The topological polar surface area (TPSA) is 39.1 Å². The first-order valence-corrected chi connectivity index (χ1v) is 6.78. The summed E-state index contributed by atoms with van der Waals surface area (Å²) in [5.41, 5.74) is 2.77. The number of nitrogens with zero attached hydrogens (tertiary/aromatic N) is 2. The van der Waals surface area contributed by atoms with Gasteiger partial charge in [-0.2, -0.15) is 5.26 Å². The van der Waals surface area contributed by atoms with Gasteiger partial charge in [-0.15, -0.1) is 0 Å². The number of nitrogens with one attached hydrogen (secondary N) is 1. The van der Waals surface area contributed by atoms with Crippen molar-refractivity contribution in [2.75, 3.05) is 24.3 Å². The van der Waals surface area contributed by atoms with Crippen LogP contribution < -0.4 is 10.2 Å². The number of halogens is 2. The first kappa shape index (κ1) is 15.1. The van der Waals surface area contributed by atoms with Gasteiger partial charge in [0.25, 0.3) is 0 Å². The molecule has 0 aliphatic heterocycles. The zero-order chi connectivity index (χ0) is 15.4. The number of benzene rings is 2. The molecular weight excluding hydrogens is 289 g/mol. The zero-order valence-electron chi connectivity index (χ0n) is 11.8. The highest BCUT2D eigenvalue weighted by Gasteiger charge is 2.07. The molecule has 2 rings (SSSR count). The van der Waals surface area contributed by atoms with Crippen LogP contribution in [0, 0.1) is 17.1 Å². The van der Waals surface area contributed by atoms with E-state index in [1.165, 1.54) is 6.07 Å². The van der Waals surface area contributed by atoms with Crippen LogP contribution in [0.25, 0.3) is 0 Å². The number of hydrogen-bond donors (Lipinski definition) is 1. The Morgan fingerprint density at radius 1 is 1.24 bits per heavy atom. The van der Waals surface area contributed by atoms with Gasteiger partial charge < -0.3 is 10.2 Å². The molecule has 0 heterocycles. The van der Waals surface area contributed by atoms with E-state index < -0.39 is 5.82 Å². The van der Waals surface area contributed by atoms with Gasteiger partial charge in [0.2, 0.25) is 0 Å². The molecule has 0 bridgehead atoms. The van der Waals surface area contributed by atoms with Crippen LogP contribution in [-0.4, -0.2) is 14.1 Å². The Labute approximate surface area is 128 Å². The predicted molar refractivity (Wildman–Crippen MR) is 84.2 cm³/mol. The van der Waals surface area contributed by atoms with Gasteiger partial charge in [0.05, 0.1) is 16.9 Å². The monoisotopic (exact) mass is 303 g/mol. The summed E-state index contributed by atoms with van der Waals surface area (Å²) in [6.07, 6.45) is 0. The first-order valence-electron chi connectivity index (χ1n) is 6.40. The minimum Gasteiger partial charge on any atom is -0.379 e. The fourth-order valence-electron chi connectivity index (χ4n) is 2.01. The van der Waals surface area contributed by atoms with Crippen molar-refractivity contribution in [3.05, 3.63) is 58.4 Å². The van der Waals surface area contributed by atoms with Crippen LogP contribution in [0.4, 0.5) is 15.8 Å². The summed E-state index contributed by atoms with van der Waals surface area (Å²) in [5, 5.41) is 12.8. The molecule has 0 aliphatic carbocycles. The van der Waals surface area contributed by atoms with E-state index >= 15 is 0 Å². The van der Waals surface area contributed by atoms with Crippen LogP contribution in [0.5, 0.6) is 0 Å². The van der Waals surface area contributed by atoms with Crippen molar-refractivity contribution in [3.63, 3.8) is 0 Å². The minimum absolute atomic E-state index is 0.0493. The van der Waals surface area contributed by atoms with E-state index in [9.17, 15) is 4.39 Å². The Hall–Kier alpha value is -2.25. The van der Waals surface area contributed by atoms with Gasteiger partial charge in [-0.05, 0) is 35.9 Å². The number of nitriles is 1. The van der Waals surface area contributed by atoms with Crippen molar-refractivity contribution < 1.29 is 4.39 Å². The zero-order valence-corrected chi connectivity index (χ0v) is 12.6. The minimum atomic E-state index is -0.502. The van der Waals surface area contributed by atoms with Crippen LogP contribution in [-0.2, 0) is 6.54 Å². The average molecular weight is 304 g/mol. The maximum Gasteiger partial charge on any atom is 0.140 e. The normalized spacial score (nSPS) is 10.0. The Kier molecular flexibility index (Phi) is 4.66. The van der Waals surface area contributed by atoms with Crippen molar-refractivity contribution in [2.45, 2.75) is 6.54 Å². The second kappa shape index (κ2) is 6.47. The number of hydrogen-bond acceptors (Lipinski definition) is 3. The summed E-state index contributed by atoms with van der Waals surface area (Å²) in [7, 11) is 3.89. The lowest BCUT2D eigenvalue weighted by molar-refractivity contribution is 0.623. The molecule has 2 aromatic rings. The Bertz CT molecular complexity index is 692. The summed E-state index contributed by atoms with van der Waals surface area (Å²) < 4.78 is 13.3. The molecule has 0 aliphatic rings. The highest BCUT2D eigenvalue weighted by molar-refractivity contribution is 6.31. The smallest absolute Gasteiger partial charge is 0.140 e. The lowest BCUT2D eigenvalue weighted by atomic mass is 10.1. The number of rotatable bonds is 4. The third-order valence-electron chi connectivity index (χ3n) is 3.07. The highest BCUT2D eigenvalue weighted by atomic mass is 35.5. The molecule has 0 unspecified atom stereocenters. The van der Waals surface area contributed by atoms with Gasteiger partial charge in [0, 0.05) is 25.7 Å². The van der Waals surface area contributed by atoms with E-state index in [0.29, 0.717) is 11.6 Å². The molecule has 108 valence electrons. The quantitative estimate of drug-likeness (QED) is 0.927. The van der Waals surface area contributed by atoms with Crippen molar-refractivity contribution in [2.24, 2.45) is 0 Å².